The minimum absolute atomic E-state index is 0.00598. The number of fused-ring (bicyclic) bond motifs is 1. The molecule has 3 amide bonds. The Labute approximate surface area is 241 Å². The molecule has 1 saturated carbocycles. The number of amides is 3. The van der Waals surface area contributed by atoms with Crippen molar-refractivity contribution in [3.8, 4) is 0 Å². The summed E-state index contributed by atoms with van der Waals surface area (Å²) in [4.78, 5) is 42.0. The molecule has 0 saturated heterocycles. The van der Waals surface area contributed by atoms with E-state index in [1.54, 1.807) is 17.0 Å². The van der Waals surface area contributed by atoms with Crippen LogP contribution in [-0.4, -0.2) is 54.0 Å². The second-order valence-corrected chi connectivity index (χ2v) is 12.5. The second-order valence-electron chi connectivity index (χ2n) is 10.7. The van der Waals surface area contributed by atoms with E-state index in [9.17, 15) is 22.8 Å². The van der Waals surface area contributed by atoms with Crippen LogP contribution in [0.3, 0.4) is 0 Å². The van der Waals surface area contributed by atoms with Crippen molar-refractivity contribution < 1.29 is 22.8 Å². The average Bonchev–Trinajstić information content (AvgIpc) is 3.56. The summed E-state index contributed by atoms with van der Waals surface area (Å²) < 4.78 is 26.8. The quantitative estimate of drug-likeness (QED) is 0.368. The summed E-state index contributed by atoms with van der Waals surface area (Å²) in [6, 6.07) is 24.6. The minimum atomic E-state index is -3.95. The third kappa shape index (κ3) is 6.51. The summed E-state index contributed by atoms with van der Waals surface area (Å²) in [7, 11) is -3.95. The number of carbonyl (C=O) groups excluding carboxylic acids is 3. The lowest BCUT2D eigenvalue weighted by molar-refractivity contribution is -0.141. The largest absolute Gasteiger partial charge is 0.352 e. The third-order valence-corrected chi connectivity index (χ3v) is 9.67. The number of benzene rings is 3. The van der Waals surface area contributed by atoms with Crippen molar-refractivity contribution in [1.29, 1.82) is 0 Å². The number of nitrogens with one attached hydrogen (secondary N) is 1. The Balaban J connectivity index is 1.36. The number of nitrogens with zero attached hydrogens (tertiary/aromatic N) is 2. The van der Waals surface area contributed by atoms with Crippen LogP contribution < -0.4 is 5.32 Å². The number of rotatable bonds is 11. The van der Waals surface area contributed by atoms with E-state index in [1.807, 2.05) is 60.7 Å². The number of carbonyl (C=O) groups is 3. The first-order chi connectivity index (χ1) is 19.8. The number of hydrogen-bond acceptors (Lipinski definition) is 5. The van der Waals surface area contributed by atoms with Gasteiger partial charge >= 0.3 is 0 Å². The van der Waals surface area contributed by atoms with Gasteiger partial charge in [0.2, 0.25) is 11.8 Å². The molecule has 3 aromatic carbocycles. The van der Waals surface area contributed by atoms with Gasteiger partial charge in [-0.05, 0) is 42.5 Å². The van der Waals surface area contributed by atoms with Crippen LogP contribution in [0.4, 0.5) is 0 Å². The first kappa shape index (κ1) is 28.5. The topological polar surface area (TPSA) is 104 Å². The van der Waals surface area contributed by atoms with E-state index in [0.29, 0.717) is 6.42 Å². The van der Waals surface area contributed by atoms with Crippen LogP contribution in [0, 0.1) is 0 Å². The number of hydrogen-bond donors (Lipinski definition) is 1. The zero-order valence-corrected chi connectivity index (χ0v) is 23.8. The van der Waals surface area contributed by atoms with E-state index in [4.69, 9.17) is 0 Å². The molecule has 1 aliphatic carbocycles. The van der Waals surface area contributed by atoms with Gasteiger partial charge in [0.1, 0.15) is 10.9 Å². The zero-order valence-electron chi connectivity index (χ0n) is 22.9. The van der Waals surface area contributed by atoms with Gasteiger partial charge in [0.15, 0.2) is 0 Å². The molecule has 214 valence electrons. The Kier molecular flexibility index (Phi) is 8.83. The fraction of sp³-hybridized carbons (Fsp3) is 0.344. The van der Waals surface area contributed by atoms with Crippen LogP contribution in [0.25, 0.3) is 0 Å². The molecule has 0 radical (unpaired) electrons. The highest BCUT2D eigenvalue weighted by Crippen LogP contribution is 2.30. The van der Waals surface area contributed by atoms with Crippen molar-refractivity contribution in [2.75, 3.05) is 6.54 Å². The van der Waals surface area contributed by atoms with Crippen LogP contribution in [0.2, 0.25) is 0 Å². The van der Waals surface area contributed by atoms with Crippen LogP contribution in [-0.2, 0) is 32.6 Å². The summed E-state index contributed by atoms with van der Waals surface area (Å²) in [6.07, 6.45) is 4.49. The lowest BCUT2D eigenvalue weighted by atomic mass is 10.0. The molecule has 1 aliphatic heterocycles. The van der Waals surface area contributed by atoms with Crippen LogP contribution in [0.1, 0.15) is 60.0 Å². The van der Waals surface area contributed by atoms with Crippen molar-refractivity contribution in [1.82, 2.24) is 14.5 Å². The molecule has 0 aromatic heterocycles. The summed E-state index contributed by atoms with van der Waals surface area (Å²) >= 11 is 0. The maximum absolute atomic E-state index is 13.8. The highest BCUT2D eigenvalue weighted by Gasteiger charge is 2.40. The fourth-order valence-corrected chi connectivity index (χ4v) is 7.28. The molecule has 1 N–H and O–H groups in total. The van der Waals surface area contributed by atoms with Gasteiger partial charge in [-0.2, -0.15) is 0 Å². The summed E-state index contributed by atoms with van der Waals surface area (Å²) in [5.74, 6) is -1.03. The van der Waals surface area contributed by atoms with E-state index in [2.05, 4.69) is 5.32 Å². The Hall–Kier alpha value is -3.98. The molecule has 1 heterocycles. The lowest BCUT2D eigenvalue weighted by Crippen LogP contribution is -2.52. The number of sulfonamides is 1. The van der Waals surface area contributed by atoms with Crippen LogP contribution in [0.5, 0.6) is 0 Å². The fourth-order valence-electron chi connectivity index (χ4n) is 5.67. The summed E-state index contributed by atoms with van der Waals surface area (Å²) in [5, 5.41) is 3.18. The monoisotopic (exact) mass is 573 g/mol. The summed E-state index contributed by atoms with van der Waals surface area (Å²) in [6.45, 7) is 0.125. The van der Waals surface area contributed by atoms with Crippen molar-refractivity contribution >= 4 is 27.7 Å². The van der Waals surface area contributed by atoms with E-state index >= 15 is 0 Å². The van der Waals surface area contributed by atoms with Crippen molar-refractivity contribution in [3.63, 3.8) is 0 Å². The van der Waals surface area contributed by atoms with Gasteiger partial charge in [0, 0.05) is 32.0 Å². The molecule has 1 fully saturated rings. The third-order valence-electron chi connectivity index (χ3n) is 7.83. The molecular weight excluding hydrogens is 538 g/mol. The van der Waals surface area contributed by atoms with E-state index in [1.165, 1.54) is 12.1 Å². The molecule has 0 unspecified atom stereocenters. The zero-order chi connectivity index (χ0) is 28.8. The van der Waals surface area contributed by atoms with Gasteiger partial charge in [-0.3, -0.25) is 14.4 Å². The Morgan fingerprint density at radius 1 is 0.878 bits per heavy atom. The van der Waals surface area contributed by atoms with E-state index < -0.39 is 22.0 Å². The van der Waals surface area contributed by atoms with Crippen molar-refractivity contribution in [2.45, 2.75) is 68.5 Å². The van der Waals surface area contributed by atoms with Gasteiger partial charge < -0.3 is 10.2 Å². The first-order valence-electron chi connectivity index (χ1n) is 14.2. The molecule has 3 aromatic rings. The van der Waals surface area contributed by atoms with Gasteiger partial charge in [-0.25, -0.2) is 12.7 Å². The van der Waals surface area contributed by atoms with Gasteiger partial charge in [-0.1, -0.05) is 85.6 Å². The maximum atomic E-state index is 13.8. The molecular formula is C32H35N3O5S. The molecule has 41 heavy (non-hydrogen) atoms. The molecule has 0 spiro atoms. The lowest BCUT2D eigenvalue weighted by Gasteiger charge is -2.32. The maximum Gasteiger partial charge on any atom is 0.269 e. The molecule has 5 rings (SSSR count). The van der Waals surface area contributed by atoms with Gasteiger partial charge in [0.25, 0.3) is 15.9 Å². The Morgan fingerprint density at radius 2 is 1.49 bits per heavy atom. The molecule has 1 atom stereocenters. The highest BCUT2D eigenvalue weighted by molar-refractivity contribution is 7.90. The molecule has 2 aliphatic rings. The summed E-state index contributed by atoms with van der Waals surface area (Å²) in [5.41, 5.74) is 1.98. The predicted octanol–water partition coefficient (Wildman–Crippen LogP) is 4.31. The van der Waals surface area contributed by atoms with Crippen molar-refractivity contribution in [3.05, 3.63) is 102 Å². The molecule has 8 nitrogen and oxygen atoms in total. The second kappa shape index (κ2) is 12.7. The predicted molar refractivity (Wildman–Crippen MR) is 155 cm³/mol. The van der Waals surface area contributed by atoms with E-state index in [0.717, 1.165) is 41.1 Å². The van der Waals surface area contributed by atoms with Crippen molar-refractivity contribution in [2.24, 2.45) is 0 Å². The normalized spacial score (nSPS) is 16.8. The smallest absolute Gasteiger partial charge is 0.269 e. The van der Waals surface area contributed by atoms with E-state index in [-0.39, 0.29) is 54.2 Å². The standard InChI is InChI=1S/C32H35N3O5S/c36-30(20-11-21-35-32(38)27-18-9-10-19-29(27)41(35,39)40)34(23-25-14-5-2-6-15-25)28(22-24-12-3-1-4-13-24)31(37)33-26-16-7-8-17-26/h1-6,9-10,12-15,18-19,26,28H,7-8,11,16-17,20-23H2,(H,33,37)/t28-/m1/s1. The molecule has 0 bridgehead atoms. The Morgan fingerprint density at radius 3 is 2.15 bits per heavy atom. The van der Waals surface area contributed by atoms with Gasteiger partial charge in [-0.15, -0.1) is 0 Å². The first-order valence-corrected chi connectivity index (χ1v) is 15.6. The molecule has 9 heteroatoms. The SMILES string of the molecule is O=C(NC1CCCC1)[C@@H](Cc1ccccc1)N(Cc1ccccc1)C(=O)CCCN1C(=O)c2ccccc2S1(=O)=O. The van der Waals surface area contributed by atoms with Gasteiger partial charge in [0.05, 0.1) is 5.56 Å². The van der Waals surface area contributed by atoms with Crippen LogP contribution in [0.15, 0.2) is 89.8 Å². The van der Waals surface area contributed by atoms with Crippen LogP contribution >= 0.6 is 0 Å². The Bertz CT molecular complexity index is 1490. The average molecular weight is 574 g/mol. The highest BCUT2D eigenvalue weighted by atomic mass is 32.2. The minimum Gasteiger partial charge on any atom is -0.352 e.